The fraction of sp³-hybridized carbons (Fsp3) is 0.190. The van der Waals surface area contributed by atoms with E-state index in [9.17, 15) is 9.59 Å². The minimum Gasteiger partial charge on any atom is -0.493 e. The lowest BCUT2D eigenvalue weighted by atomic mass is 10.0. The first-order valence-electron chi connectivity index (χ1n) is 8.86. The number of hydrogen-bond acceptors (Lipinski definition) is 7. The van der Waals surface area contributed by atoms with Crippen molar-refractivity contribution in [3.05, 3.63) is 40.3 Å². The molecule has 2 aromatic carbocycles. The number of nitrogens with zero attached hydrogens (tertiary/aromatic N) is 2. The second-order valence-electron chi connectivity index (χ2n) is 6.68. The molecule has 2 aromatic heterocycles. The van der Waals surface area contributed by atoms with E-state index >= 15 is 0 Å². The van der Waals surface area contributed by atoms with E-state index in [4.69, 9.17) is 23.9 Å². The molecule has 0 spiro atoms. The number of carbonyl (C=O) groups is 1. The molecule has 0 unspecified atom stereocenters. The third-order valence-electron chi connectivity index (χ3n) is 5.22. The highest BCUT2D eigenvalue weighted by Gasteiger charge is 2.22. The zero-order chi connectivity index (χ0) is 20.3. The van der Waals surface area contributed by atoms with Crippen molar-refractivity contribution >= 4 is 39.0 Å². The maximum absolute atomic E-state index is 13.2. The fourth-order valence-electron chi connectivity index (χ4n) is 3.92. The van der Waals surface area contributed by atoms with Gasteiger partial charge < -0.3 is 18.9 Å². The van der Waals surface area contributed by atoms with Gasteiger partial charge >= 0.3 is 0 Å². The summed E-state index contributed by atoms with van der Waals surface area (Å²) in [6, 6.07) is 6.82. The molecule has 0 N–H and O–H groups in total. The maximum atomic E-state index is 13.2. The minimum atomic E-state index is -0.451. The topological polar surface area (TPSA) is 88.9 Å². The first kappa shape index (κ1) is 17.3. The Hall–Kier alpha value is -3.81. The number of aromatic nitrogens is 2. The van der Waals surface area contributed by atoms with Crippen LogP contribution in [-0.4, -0.2) is 37.0 Å². The van der Waals surface area contributed by atoms with Crippen LogP contribution in [0, 0.1) is 6.92 Å². The molecule has 8 nitrogen and oxygen atoms in total. The lowest BCUT2D eigenvalue weighted by molar-refractivity contribution is 0.174. The Morgan fingerprint density at radius 1 is 1.00 bits per heavy atom. The molecule has 0 radical (unpaired) electrons. The predicted octanol–water partition coefficient (Wildman–Crippen LogP) is 2.80. The molecule has 0 saturated heterocycles. The summed E-state index contributed by atoms with van der Waals surface area (Å²) in [6.45, 7) is 1.95. The lowest BCUT2D eigenvalue weighted by Gasteiger charge is -2.15. The van der Waals surface area contributed by atoms with Crippen LogP contribution in [0.1, 0.15) is 5.69 Å². The molecule has 0 fully saturated rings. The molecule has 1 aliphatic rings. The number of benzene rings is 2. The highest BCUT2D eigenvalue weighted by molar-refractivity contribution is 6.17. The Labute approximate surface area is 164 Å². The van der Waals surface area contributed by atoms with Gasteiger partial charge in [-0.05, 0) is 25.1 Å². The van der Waals surface area contributed by atoms with Crippen molar-refractivity contribution in [2.24, 2.45) is 0 Å². The molecule has 3 heterocycles. The van der Waals surface area contributed by atoms with Crippen molar-refractivity contribution in [3.8, 4) is 23.0 Å². The summed E-state index contributed by atoms with van der Waals surface area (Å²) in [5.41, 5.74) is 1.28. The van der Waals surface area contributed by atoms with Crippen molar-refractivity contribution in [2.45, 2.75) is 6.92 Å². The van der Waals surface area contributed by atoms with Crippen LogP contribution in [-0.2, 0) is 4.79 Å². The maximum Gasteiger partial charge on any atom is 0.265 e. The first-order chi connectivity index (χ1) is 14.1. The number of fused-ring (bicyclic) bond motifs is 6. The van der Waals surface area contributed by atoms with Crippen molar-refractivity contribution < 1.29 is 23.7 Å². The van der Waals surface area contributed by atoms with Gasteiger partial charge in [-0.2, -0.15) is 0 Å². The summed E-state index contributed by atoms with van der Waals surface area (Å²) in [4.78, 5) is 29.9. The van der Waals surface area contributed by atoms with Gasteiger partial charge in [0.25, 0.3) is 5.56 Å². The average Bonchev–Trinajstić information content (AvgIpc) is 3.18. The summed E-state index contributed by atoms with van der Waals surface area (Å²) < 4.78 is 22.8. The minimum absolute atomic E-state index is 0.114. The zero-order valence-electron chi connectivity index (χ0n) is 15.9. The molecular weight excluding hydrogens is 376 g/mol. The summed E-state index contributed by atoms with van der Waals surface area (Å²) in [5, 5.41) is 2.27. The fourth-order valence-corrected chi connectivity index (χ4v) is 3.92. The van der Waals surface area contributed by atoms with Gasteiger partial charge in [0, 0.05) is 27.9 Å². The molecule has 8 heteroatoms. The van der Waals surface area contributed by atoms with Gasteiger partial charge in [0.1, 0.15) is 0 Å². The normalized spacial score (nSPS) is 12.7. The van der Waals surface area contributed by atoms with E-state index in [1.165, 1.54) is 14.2 Å². The molecular formula is C21H16N2O6. The summed E-state index contributed by atoms with van der Waals surface area (Å²) in [7, 11) is 3.02. The van der Waals surface area contributed by atoms with Crippen LogP contribution in [0.5, 0.6) is 23.0 Å². The van der Waals surface area contributed by atoms with Gasteiger partial charge in [-0.1, -0.05) is 0 Å². The van der Waals surface area contributed by atoms with Gasteiger partial charge in [-0.3, -0.25) is 14.6 Å². The molecule has 1 aliphatic heterocycles. The standard InChI is InChI=1S/C21H16N2O6/c1-10-19-11-4-15(26-2)16(27-3)5-12(11)21(25)23(8-24)20(19)13-6-17-18(29-9-28-17)7-14(13)22-10/h4-8H,9H2,1-3H3. The molecule has 146 valence electrons. The van der Waals surface area contributed by atoms with E-state index in [-0.39, 0.29) is 6.79 Å². The molecule has 0 saturated carbocycles. The summed E-state index contributed by atoms with van der Waals surface area (Å²) in [6.07, 6.45) is 0.518. The van der Waals surface area contributed by atoms with Crippen LogP contribution in [0.4, 0.5) is 0 Å². The third-order valence-corrected chi connectivity index (χ3v) is 5.22. The zero-order valence-corrected chi connectivity index (χ0v) is 15.9. The van der Waals surface area contributed by atoms with E-state index in [1.54, 1.807) is 24.3 Å². The summed E-state index contributed by atoms with van der Waals surface area (Å²) >= 11 is 0. The largest absolute Gasteiger partial charge is 0.493 e. The second kappa shape index (κ2) is 6.10. The molecule has 5 rings (SSSR count). The van der Waals surface area contributed by atoms with Crippen LogP contribution in [0.2, 0.25) is 0 Å². The Kier molecular flexibility index (Phi) is 3.64. The number of pyridine rings is 2. The molecule has 0 atom stereocenters. The molecule has 29 heavy (non-hydrogen) atoms. The van der Waals surface area contributed by atoms with Crippen LogP contribution >= 0.6 is 0 Å². The molecule has 0 aliphatic carbocycles. The van der Waals surface area contributed by atoms with Crippen molar-refractivity contribution in [1.82, 2.24) is 9.55 Å². The SMILES string of the molecule is COc1cc2c(=O)n(C=O)c3c4cc5c(cc4nc(C)c3c2cc1OC)OCO5. The number of rotatable bonds is 3. The van der Waals surface area contributed by atoms with Crippen molar-refractivity contribution in [2.75, 3.05) is 21.0 Å². The Morgan fingerprint density at radius 2 is 1.66 bits per heavy atom. The van der Waals surface area contributed by atoms with E-state index in [2.05, 4.69) is 0 Å². The monoisotopic (exact) mass is 392 g/mol. The van der Waals surface area contributed by atoms with Crippen LogP contribution < -0.4 is 24.5 Å². The van der Waals surface area contributed by atoms with Gasteiger partial charge in [0.15, 0.2) is 23.0 Å². The smallest absolute Gasteiger partial charge is 0.265 e. The van der Waals surface area contributed by atoms with E-state index in [0.717, 1.165) is 4.57 Å². The third kappa shape index (κ3) is 2.29. The number of methoxy groups -OCH3 is 2. The quantitative estimate of drug-likeness (QED) is 0.391. The predicted molar refractivity (Wildman–Crippen MR) is 107 cm³/mol. The highest BCUT2D eigenvalue weighted by atomic mass is 16.7. The number of carbonyl (C=O) groups excluding carboxylic acids is 1. The molecule has 0 amide bonds. The van der Waals surface area contributed by atoms with Gasteiger partial charge in [0.2, 0.25) is 13.2 Å². The van der Waals surface area contributed by atoms with Gasteiger partial charge in [-0.15, -0.1) is 0 Å². The van der Waals surface area contributed by atoms with Crippen molar-refractivity contribution in [1.29, 1.82) is 0 Å². The molecule has 0 bridgehead atoms. The average molecular weight is 392 g/mol. The number of aryl methyl sites for hydroxylation is 1. The van der Waals surface area contributed by atoms with Crippen molar-refractivity contribution in [3.63, 3.8) is 0 Å². The Bertz CT molecular complexity index is 1410. The lowest BCUT2D eigenvalue weighted by Crippen LogP contribution is -2.21. The van der Waals surface area contributed by atoms with Crippen LogP contribution in [0.15, 0.2) is 29.1 Å². The van der Waals surface area contributed by atoms with Gasteiger partial charge in [0.05, 0.1) is 30.6 Å². The van der Waals surface area contributed by atoms with Crippen LogP contribution in [0.25, 0.3) is 32.6 Å². The summed E-state index contributed by atoms with van der Waals surface area (Å²) in [5.74, 6) is 2.01. The van der Waals surface area contributed by atoms with E-state index < -0.39 is 5.56 Å². The number of hydrogen-bond donors (Lipinski definition) is 0. The van der Waals surface area contributed by atoms with E-state index in [1.807, 2.05) is 6.92 Å². The van der Waals surface area contributed by atoms with Crippen LogP contribution in [0.3, 0.4) is 0 Å². The van der Waals surface area contributed by atoms with E-state index in [0.29, 0.717) is 67.7 Å². The highest BCUT2D eigenvalue weighted by Crippen LogP contribution is 2.40. The van der Waals surface area contributed by atoms with Gasteiger partial charge in [-0.25, -0.2) is 4.57 Å². The number of ether oxygens (including phenoxy) is 4. The Balaban J connectivity index is 2.07. The molecule has 4 aromatic rings. The first-order valence-corrected chi connectivity index (χ1v) is 8.86. The Morgan fingerprint density at radius 3 is 2.31 bits per heavy atom. The second-order valence-corrected chi connectivity index (χ2v) is 6.68.